The van der Waals surface area contributed by atoms with Crippen LogP contribution in [0.25, 0.3) is 11.0 Å². The van der Waals surface area contributed by atoms with Gasteiger partial charge < -0.3 is 9.47 Å². The number of halogens is 2. The third-order valence-corrected chi connectivity index (χ3v) is 5.16. The van der Waals surface area contributed by atoms with Gasteiger partial charge in [0.1, 0.15) is 11.6 Å². The molecule has 3 aromatic rings. The standard InChI is InChI=1S/C23H27ClFN3O/c1-4-12-28-21-14-18(24)7-10-20(21)26-22(28)15-27(13-11-16(2)3)23(29)17-5-8-19(25)9-6-17/h5-10,14,16H,4,11-13,15H2,1-3H3. The maximum atomic E-state index is 13.3. The fraction of sp³-hybridized carbons (Fsp3) is 0.391. The minimum atomic E-state index is -0.350. The number of imidazole rings is 1. The Balaban J connectivity index is 1.95. The number of hydrogen-bond acceptors (Lipinski definition) is 2. The fourth-order valence-electron chi connectivity index (χ4n) is 3.35. The van der Waals surface area contributed by atoms with Crippen molar-refractivity contribution in [1.29, 1.82) is 0 Å². The van der Waals surface area contributed by atoms with Gasteiger partial charge in [-0.25, -0.2) is 9.37 Å². The quantitative estimate of drug-likeness (QED) is 0.457. The van der Waals surface area contributed by atoms with Crippen molar-refractivity contribution in [3.63, 3.8) is 0 Å². The Morgan fingerprint density at radius 2 is 1.93 bits per heavy atom. The van der Waals surface area contributed by atoms with Crippen molar-refractivity contribution in [3.05, 3.63) is 64.7 Å². The number of aromatic nitrogens is 2. The third-order valence-electron chi connectivity index (χ3n) is 4.92. The predicted octanol–water partition coefficient (Wildman–Crippen LogP) is 5.93. The fourth-order valence-corrected chi connectivity index (χ4v) is 3.52. The highest BCUT2D eigenvalue weighted by atomic mass is 35.5. The normalized spacial score (nSPS) is 11.4. The number of hydrogen-bond donors (Lipinski definition) is 0. The Hall–Kier alpha value is -2.40. The van der Waals surface area contributed by atoms with Crippen LogP contribution in [0.4, 0.5) is 4.39 Å². The first-order chi connectivity index (χ1) is 13.9. The van der Waals surface area contributed by atoms with Gasteiger partial charge in [-0.15, -0.1) is 0 Å². The van der Waals surface area contributed by atoms with Crippen molar-refractivity contribution in [2.45, 2.75) is 46.7 Å². The Morgan fingerprint density at radius 3 is 2.59 bits per heavy atom. The van der Waals surface area contributed by atoms with Crippen molar-refractivity contribution in [1.82, 2.24) is 14.5 Å². The van der Waals surface area contributed by atoms with Gasteiger partial charge in [-0.3, -0.25) is 4.79 Å². The summed E-state index contributed by atoms with van der Waals surface area (Å²) in [6.07, 6.45) is 1.83. The zero-order valence-electron chi connectivity index (χ0n) is 17.2. The van der Waals surface area contributed by atoms with E-state index in [1.165, 1.54) is 24.3 Å². The zero-order valence-corrected chi connectivity index (χ0v) is 17.9. The maximum absolute atomic E-state index is 13.3. The minimum absolute atomic E-state index is 0.112. The molecule has 0 saturated carbocycles. The van der Waals surface area contributed by atoms with E-state index < -0.39 is 0 Å². The first kappa shape index (κ1) is 21.3. The Bertz CT molecular complexity index is 982. The number of fused-ring (bicyclic) bond motifs is 1. The molecular formula is C23H27ClFN3O. The molecule has 4 nitrogen and oxygen atoms in total. The topological polar surface area (TPSA) is 38.1 Å². The van der Waals surface area contributed by atoms with Gasteiger partial charge in [0.15, 0.2) is 0 Å². The molecule has 0 aliphatic heterocycles. The highest BCUT2D eigenvalue weighted by Gasteiger charge is 2.20. The van der Waals surface area contributed by atoms with Gasteiger partial charge in [-0.05, 0) is 61.2 Å². The van der Waals surface area contributed by atoms with E-state index in [0.717, 1.165) is 36.2 Å². The van der Waals surface area contributed by atoms with Crippen LogP contribution >= 0.6 is 11.6 Å². The molecule has 6 heteroatoms. The molecule has 0 atom stereocenters. The molecule has 0 aliphatic rings. The number of benzene rings is 2. The third kappa shape index (κ3) is 5.15. The number of rotatable bonds is 8. The lowest BCUT2D eigenvalue weighted by molar-refractivity contribution is 0.0729. The van der Waals surface area contributed by atoms with E-state index in [4.69, 9.17) is 16.6 Å². The molecule has 0 spiro atoms. The molecule has 0 N–H and O–H groups in total. The van der Waals surface area contributed by atoms with Crippen LogP contribution in [0.15, 0.2) is 42.5 Å². The molecule has 0 saturated heterocycles. The second-order valence-corrected chi connectivity index (χ2v) is 8.17. The van der Waals surface area contributed by atoms with Crippen molar-refractivity contribution >= 4 is 28.5 Å². The molecule has 2 aromatic carbocycles. The lowest BCUT2D eigenvalue weighted by Gasteiger charge is -2.24. The first-order valence-electron chi connectivity index (χ1n) is 10.1. The summed E-state index contributed by atoms with van der Waals surface area (Å²) in [5.74, 6) is 0.839. The first-order valence-corrected chi connectivity index (χ1v) is 10.5. The lowest BCUT2D eigenvalue weighted by atomic mass is 10.1. The van der Waals surface area contributed by atoms with Crippen LogP contribution < -0.4 is 0 Å². The second-order valence-electron chi connectivity index (χ2n) is 7.73. The lowest BCUT2D eigenvalue weighted by Crippen LogP contribution is -2.33. The Labute approximate surface area is 176 Å². The summed E-state index contributed by atoms with van der Waals surface area (Å²) in [5, 5.41) is 0.667. The predicted molar refractivity (Wildman–Crippen MR) is 116 cm³/mol. The van der Waals surface area contributed by atoms with E-state index in [1.807, 2.05) is 23.1 Å². The summed E-state index contributed by atoms with van der Waals surface area (Å²) >= 11 is 6.20. The van der Waals surface area contributed by atoms with Gasteiger partial charge in [0.2, 0.25) is 0 Å². The Morgan fingerprint density at radius 1 is 1.21 bits per heavy atom. The van der Waals surface area contributed by atoms with Crippen molar-refractivity contribution in [2.24, 2.45) is 5.92 Å². The van der Waals surface area contributed by atoms with E-state index in [0.29, 0.717) is 29.6 Å². The summed E-state index contributed by atoms with van der Waals surface area (Å²) in [4.78, 5) is 19.7. The number of nitrogens with zero attached hydrogens (tertiary/aromatic N) is 3. The van der Waals surface area contributed by atoms with E-state index in [2.05, 4.69) is 25.3 Å². The molecule has 1 amide bonds. The van der Waals surface area contributed by atoms with Gasteiger partial charge in [0, 0.05) is 23.7 Å². The average molecular weight is 416 g/mol. The van der Waals surface area contributed by atoms with Crippen LogP contribution in [-0.4, -0.2) is 26.9 Å². The van der Waals surface area contributed by atoms with Crippen LogP contribution in [-0.2, 0) is 13.1 Å². The van der Waals surface area contributed by atoms with Crippen molar-refractivity contribution in [3.8, 4) is 0 Å². The largest absolute Gasteiger partial charge is 0.331 e. The molecular weight excluding hydrogens is 389 g/mol. The molecule has 3 rings (SSSR count). The molecule has 0 bridgehead atoms. The Kier molecular flexibility index (Phi) is 6.91. The van der Waals surface area contributed by atoms with E-state index in [9.17, 15) is 9.18 Å². The summed E-state index contributed by atoms with van der Waals surface area (Å²) < 4.78 is 15.4. The monoisotopic (exact) mass is 415 g/mol. The van der Waals surface area contributed by atoms with Gasteiger partial charge in [-0.2, -0.15) is 0 Å². The number of amides is 1. The summed E-state index contributed by atoms with van der Waals surface area (Å²) in [5.41, 5.74) is 2.33. The van der Waals surface area contributed by atoms with Gasteiger partial charge in [0.25, 0.3) is 5.91 Å². The van der Waals surface area contributed by atoms with E-state index in [1.54, 1.807) is 0 Å². The van der Waals surface area contributed by atoms with Crippen LogP contribution in [0.5, 0.6) is 0 Å². The number of aryl methyl sites for hydroxylation is 1. The molecule has 0 aliphatic carbocycles. The van der Waals surface area contributed by atoms with Crippen molar-refractivity contribution < 1.29 is 9.18 Å². The van der Waals surface area contributed by atoms with Crippen LogP contribution in [0.3, 0.4) is 0 Å². The van der Waals surface area contributed by atoms with Crippen LogP contribution in [0, 0.1) is 11.7 Å². The van der Waals surface area contributed by atoms with E-state index in [-0.39, 0.29) is 11.7 Å². The molecule has 0 fully saturated rings. The molecule has 0 radical (unpaired) electrons. The van der Waals surface area contributed by atoms with Gasteiger partial charge in [0.05, 0.1) is 17.6 Å². The van der Waals surface area contributed by atoms with Crippen molar-refractivity contribution in [2.75, 3.05) is 6.54 Å². The van der Waals surface area contributed by atoms with E-state index >= 15 is 0 Å². The SMILES string of the molecule is CCCn1c(CN(CCC(C)C)C(=O)c2ccc(F)cc2)nc2ccc(Cl)cc21. The zero-order chi connectivity index (χ0) is 21.0. The number of carbonyl (C=O) groups is 1. The van der Waals surface area contributed by atoms with Crippen LogP contribution in [0.2, 0.25) is 5.02 Å². The smallest absolute Gasteiger partial charge is 0.254 e. The van der Waals surface area contributed by atoms with Crippen LogP contribution in [0.1, 0.15) is 49.8 Å². The highest BCUT2D eigenvalue weighted by molar-refractivity contribution is 6.31. The van der Waals surface area contributed by atoms with Gasteiger partial charge >= 0.3 is 0 Å². The summed E-state index contributed by atoms with van der Waals surface area (Å²) in [6.45, 7) is 8.19. The average Bonchev–Trinajstić information content (AvgIpc) is 3.02. The summed E-state index contributed by atoms with van der Waals surface area (Å²) in [6, 6.07) is 11.4. The van der Waals surface area contributed by atoms with Gasteiger partial charge in [-0.1, -0.05) is 32.4 Å². The molecule has 29 heavy (non-hydrogen) atoms. The molecule has 0 unspecified atom stereocenters. The molecule has 154 valence electrons. The number of carbonyl (C=O) groups excluding carboxylic acids is 1. The highest BCUT2D eigenvalue weighted by Crippen LogP contribution is 2.23. The molecule has 1 aromatic heterocycles. The minimum Gasteiger partial charge on any atom is -0.331 e. The second kappa shape index (κ2) is 9.40. The summed E-state index contributed by atoms with van der Waals surface area (Å²) in [7, 11) is 0. The maximum Gasteiger partial charge on any atom is 0.254 e. The molecule has 1 heterocycles.